The van der Waals surface area contributed by atoms with Crippen molar-refractivity contribution in [2.24, 2.45) is 0 Å². The molecule has 0 bridgehead atoms. The third kappa shape index (κ3) is 1.87. The highest BCUT2D eigenvalue weighted by atomic mass is 32.2. The molecule has 0 saturated carbocycles. The van der Waals surface area contributed by atoms with Crippen molar-refractivity contribution in [3.05, 3.63) is 17.0 Å². The van der Waals surface area contributed by atoms with Crippen molar-refractivity contribution in [3.8, 4) is 0 Å². The van der Waals surface area contributed by atoms with Gasteiger partial charge in [0.2, 0.25) is 0 Å². The lowest BCUT2D eigenvalue weighted by molar-refractivity contribution is 0.111. The molecule has 1 saturated heterocycles. The van der Waals surface area contributed by atoms with E-state index in [0.717, 1.165) is 31.6 Å². The summed E-state index contributed by atoms with van der Waals surface area (Å²) in [6.45, 7) is 1.81. The lowest BCUT2D eigenvalue weighted by atomic mass is 10.1. The van der Waals surface area contributed by atoms with Crippen molar-refractivity contribution in [3.63, 3.8) is 0 Å². The van der Waals surface area contributed by atoms with Crippen LogP contribution in [0.5, 0.6) is 0 Å². The maximum atomic E-state index is 11.7. The largest absolute Gasteiger partial charge is 0.317 e. The second-order valence-electron chi connectivity index (χ2n) is 4.89. The molecule has 0 radical (unpaired) electrons. The van der Waals surface area contributed by atoms with Crippen LogP contribution in [-0.4, -0.2) is 37.6 Å². The van der Waals surface area contributed by atoms with Gasteiger partial charge in [0.25, 0.3) is 0 Å². The van der Waals surface area contributed by atoms with Gasteiger partial charge in [0.15, 0.2) is 16.1 Å². The molecule has 98 valence electrons. The minimum atomic E-state index is -3.09. The Morgan fingerprint density at radius 3 is 2.67 bits per heavy atom. The van der Waals surface area contributed by atoms with Crippen LogP contribution in [-0.2, 0) is 21.3 Å². The first kappa shape index (κ1) is 11.9. The van der Waals surface area contributed by atoms with Gasteiger partial charge in [-0.25, -0.2) is 8.42 Å². The molecule has 2 aliphatic rings. The van der Waals surface area contributed by atoms with Crippen molar-refractivity contribution in [1.82, 2.24) is 15.1 Å². The smallest absolute Gasteiger partial charge is 0.170 e. The fourth-order valence-electron chi connectivity index (χ4n) is 2.76. The molecular weight excluding hydrogens is 254 g/mol. The van der Waals surface area contributed by atoms with Gasteiger partial charge >= 0.3 is 0 Å². The molecule has 0 atom stereocenters. The molecule has 1 aromatic rings. The van der Waals surface area contributed by atoms with Gasteiger partial charge in [0, 0.05) is 5.56 Å². The van der Waals surface area contributed by atoms with Gasteiger partial charge in [-0.3, -0.25) is 9.48 Å². The molecule has 7 heteroatoms. The molecule has 1 N–H and O–H groups in total. The van der Waals surface area contributed by atoms with Gasteiger partial charge in [0.05, 0.1) is 23.2 Å². The van der Waals surface area contributed by atoms with Crippen LogP contribution >= 0.6 is 0 Å². The highest BCUT2D eigenvalue weighted by molar-refractivity contribution is 7.90. The number of hydrogen-bond donors (Lipinski definition) is 1. The van der Waals surface area contributed by atoms with Crippen LogP contribution in [0.1, 0.15) is 40.6 Å². The molecule has 0 unspecified atom stereocenters. The van der Waals surface area contributed by atoms with Crippen LogP contribution in [0.2, 0.25) is 0 Å². The van der Waals surface area contributed by atoms with Gasteiger partial charge < -0.3 is 5.32 Å². The van der Waals surface area contributed by atoms with Crippen molar-refractivity contribution in [1.29, 1.82) is 0 Å². The van der Waals surface area contributed by atoms with Crippen molar-refractivity contribution in [2.45, 2.75) is 30.4 Å². The average Bonchev–Trinajstić information content (AvgIpc) is 2.83. The van der Waals surface area contributed by atoms with Crippen molar-refractivity contribution < 1.29 is 13.2 Å². The summed E-state index contributed by atoms with van der Waals surface area (Å²) in [5, 5.41) is 7.56. The Labute approximate surface area is 105 Å². The lowest BCUT2D eigenvalue weighted by Gasteiger charge is -2.24. The van der Waals surface area contributed by atoms with Gasteiger partial charge in [-0.05, 0) is 25.9 Å². The molecule has 3 heterocycles. The number of nitrogens with zero attached hydrogens (tertiary/aromatic N) is 2. The molecule has 6 nitrogen and oxygen atoms in total. The third-order valence-corrected chi connectivity index (χ3v) is 5.08. The quantitative estimate of drug-likeness (QED) is 0.767. The number of fused-ring (bicyclic) bond motifs is 1. The van der Waals surface area contributed by atoms with E-state index in [2.05, 4.69) is 10.4 Å². The first-order chi connectivity index (χ1) is 8.61. The second-order valence-corrected chi connectivity index (χ2v) is 6.95. The molecule has 0 amide bonds. The number of nitrogens with one attached hydrogen (secondary N) is 1. The molecule has 1 aromatic heterocycles. The molecule has 18 heavy (non-hydrogen) atoms. The van der Waals surface area contributed by atoms with E-state index in [1.165, 1.54) is 0 Å². The summed E-state index contributed by atoms with van der Waals surface area (Å²) in [6, 6.07) is 0.210. The fraction of sp³-hybridized carbons (Fsp3) is 0.636. The standard InChI is InChI=1S/C11H15N3O3S/c15-5-10-9-6-18(16,17)7-11(9)14(13-10)8-1-3-12-4-2-8/h5,8,12H,1-4,6-7H2. The Morgan fingerprint density at radius 2 is 2.00 bits per heavy atom. The number of carbonyl (C=O) groups excluding carboxylic acids is 1. The number of aromatic nitrogens is 2. The average molecular weight is 269 g/mol. The Hall–Kier alpha value is -1.21. The van der Waals surface area contributed by atoms with Crippen molar-refractivity contribution in [2.75, 3.05) is 13.1 Å². The summed E-state index contributed by atoms with van der Waals surface area (Å²) in [7, 11) is -3.09. The molecule has 0 aromatic carbocycles. The first-order valence-corrected chi connectivity index (χ1v) is 7.89. The summed E-state index contributed by atoms with van der Waals surface area (Å²) in [5.74, 6) is -0.0194. The van der Waals surface area contributed by atoms with Gasteiger partial charge in [-0.15, -0.1) is 0 Å². The fourth-order valence-corrected chi connectivity index (χ4v) is 4.34. The van der Waals surface area contributed by atoms with E-state index in [9.17, 15) is 13.2 Å². The zero-order valence-corrected chi connectivity index (χ0v) is 10.7. The SMILES string of the molecule is O=Cc1nn(C2CCNCC2)c2c1CS(=O)(=O)C2. The van der Waals surface area contributed by atoms with Crippen LogP contribution in [0.25, 0.3) is 0 Å². The van der Waals surface area contributed by atoms with Gasteiger partial charge in [-0.1, -0.05) is 0 Å². The second kappa shape index (κ2) is 4.17. The summed E-state index contributed by atoms with van der Waals surface area (Å²) in [6.07, 6.45) is 2.51. The molecule has 3 rings (SSSR count). The van der Waals surface area contributed by atoms with Crippen LogP contribution in [0.3, 0.4) is 0 Å². The van der Waals surface area contributed by atoms with Crippen LogP contribution in [0, 0.1) is 0 Å². The number of aldehydes is 1. The monoisotopic (exact) mass is 269 g/mol. The summed E-state index contributed by atoms with van der Waals surface area (Å²) < 4.78 is 25.1. The van der Waals surface area contributed by atoms with Gasteiger partial charge in [-0.2, -0.15) is 5.10 Å². The summed E-state index contributed by atoms with van der Waals surface area (Å²) in [5.41, 5.74) is 1.64. The predicted octanol–water partition coefficient (Wildman–Crippen LogP) is 0.0485. The number of rotatable bonds is 2. The van der Waals surface area contributed by atoms with Crippen LogP contribution < -0.4 is 5.32 Å². The number of sulfone groups is 1. The highest BCUT2D eigenvalue weighted by Gasteiger charge is 2.34. The number of hydrogen-bond acceptors (Lipinski definition) is 5. The Bertz CT molecular complexity index is 585. The predicted molar refractivity (Wildman–Crippen MR) is 65.1 cm³/mol. The van der Waals surface area contributed by atoms with Gasteiger partial charge in [0.1, 0.15) is 5.69 Å². The lowest BCUT2D eigenvalue weighted by Crippen LogP contribution is -2.30. The minimum Gasteiger partial charge on any atom is -0.317 e. The third-order valence-electron chi connectivity index (χ3n) is 3.64. The topological polar surface area (TPSA) is 81.1 Å². The summed E-state index contributed by atoms with van der Waals surface area (Å²) in [4.78, 5) is 11.0. The zero-order chi connectivity index (χ0) is 12.8. The Balaban J connectivity index is 2.04. The zero-order valence-electron chi connectivity index (χ0n) is 9.92. The molecule has 2 aliphatic heterocycles. The maximum absolute atomic E-state index is 11.7. The van der Waals surface area contributed by atoms with Crippen LogP contribution in [0.15, 0.2) is 0 Å². The Morgan fingerprint density at radius 1 is 1.28 bits per heavy atom. The molecule has 1 fully saturated rings. The number of carbonyl (C=O) groups is 1. The Kier molecular flexibility index (Phi) is 2.74. The first-order valence-electron chi connectivity index (χ1n) is 6.07. The molecule has 0 spiro atoms. The minimum absolute atomic E-state index is 0.0209. The van der Waals surface area contributed by atoms with E-state index < -0.39 is 9.84 Å². The van der Waals surface area contributed by atoms with E-state index in [4.69, 9.17) is 0 Å². The van der Waals surface area contributed by atoms with E-state index in [0.29, 0.717) is 17.5 Å². The summed E-state index contributed by atoms with van der Waals surface area (Å²) >= 11 is 0. The van der Waals surface area contributed by atoms with E-state index >= 15 is 0 Å². The molecule has 0 aliphatic carbocycles. The van der Waals surface area contributed by atoms with E-state index in [1.807, 2.05) is 0 Å². The van der Waals surface area contributed by atoms with Crippen LogP contribution in [0.4, 0.5) is 0 Å². The normalized spacial score (nSPS) is 22.9. The number of piperidine rings is 1. The maximum Gasteiger partial charge on any atom is 0.170 e. The molecular formula is C11H15N3O3S. The van der Waals surface area contributed by atoms with E-state index in [1.54, 1.807) is 4.68 Å². The van der Waals surface area contributed by atoms with Crippen molar-refractivity contribution >= 4 is 16.1 Å². The van der Waals surface area contributed by atoms with E-state index in [-0.39, 0.29) is 17.5 Å². The highest BCUT2D eigenvalue weighted by Crippen LogP contribution is 2.31.